The number of ether oxygens (including phenoxy) is 4. The minimum Gasteiger partial charge on any atom is -0.497 e. The molecule has 1 aliphatic carbocycles. The number of rotatable bonds is 8. The number of methoxy groups -OCH3 is 2. The lowest BCUT2D eigenvalue weighted by molar-refractivity contribution is -0.144. The Kier molecular flexibility index (Phi) is 5.96. The highest BCUT2D eigenvalue weighted by molar-refractivity contribution is 6.00. The summed E-state index contributed by atoms with van der Waals surface area (Å²) in [6.45, 7) is -0.624. The Labute approximate surface area is 158 Å². The molecule has 0 amide bonds. The maximum atomic E-state index is 12.3. The summed E-state index contributed by atoms with van der Waals surface area (Å²) in [5.74, 6) is 0.611. The summed E-state index contributed by atoms with van der Waals surface area (Å²) < 4.78 is 20.8. The number of ketones is 1. The van der Waals surface area contributed by atoms with Gasteiger partial charge in [-0.1, -0.05) is 6.07 Å². The zero-order valence-electron chi connectivity index (χ0n) is 15.4. The third kappa shape index (κ3) is 4.58. The van der Waals surface area contributed by atoms with Gasteiger partial charge >= 0.3 is 5.97 Å². The van der Waals surface area contributed by atoms with Crippen molar-refractivity contribution in [3.63, 3.8) is 0 Å². The molecule has 142 valence electrons. The minimum absolute atomic E-state index is 0.244. The molecule has 0 N–H and O–H groups in total. The van der Waals surface area contributed by atoms with Crippen molar-refractivity contribution < 1.29 is 28.5 Å². The van der Waals surface area contributed by atoms with E-state index < -0.39 is 5.97 Å². The average molecular weight is 370 g/mol. The highest BCUT2D eigenvalue weighted by atomic mass is 16.6. The molecule has 2 aromatic rings. The number of esters is 1. The van der Waals surface area contributed by atoms with E-state index in [2.05, 4.69) is 0 Å². The third-order valence-electron chi connectivity index (χ3n) is 4.50. The van der Waals surface area contributed by atoms with Crippen molar-refractivity contribution >= 4 is 11.8 Å². The number of fused-ring (bicyclic) bond motifs is 1. The molecular weight excluding hydrogens is 348 g/mol. The van der Waals surface area contributed by atoms with Crippen LogP contribution in [0.25, 0.3) is 0 Å². The smallest absolute Gasteiger partial charge is 0.344 e. The van der Waals surface area contributed by atoms with Gasteiger partial charge in [0.25, 0.3) is 0 Å². The second-order valence-electron chi connectivity index (χ2n) is 6.22. The van der Waals surface area contributed by atoms with E-state index in [0.717, 1.165) is 19.3 Å². The second-order valence-corrected chi connectivity index (χ2v) is 6.22. The van der Waals surface area contributed by atoms with Crippen molar-refractivity contribution in [2.24, 2.45) is 0 Å². The average Bonchev–Trinajstić information content (AvgIpc) is 3.17. The van der Waals surface area contributed by atoms with E-state index >= 15 is 0 Å². The number of carbonyl (C=O) groups excluding carboxylic acids is 2. The zero-order valence-corrected chi connectivity index (χ0v) is 15.4. The first-order chi connectivity index (χ1) is 13.1. The van der Waals surface area contributed by atoms with Gasteiger partial charge in [0.15, 0.2) is 13.2 Å². The predicted octanol–water partition coefficient (Wildman–Crippen LogP) is 3.00. The monoisotopic (exact) mass is 370 g/mol. The van der Waals surface area contributed by atoms with Crippen LogP contribution >= 0.6 is 0 Å². The lowest BCUT2D eigenvalue weighted by Crippen LogP contribution is -2.20. The second kappa shape index (κ2) is 8.58. The molecule has 27 heavy (non-hydrogen) atoms. The number of benzene rings is 2. The molecule has 0 aromatic heterocycles. The van der Waals surface area contributed by atoms with Crippen molar-refractivity contribution in [1.29, 1.82) is 0 Å². The number of hydrogen-bond donors (Lipinski definition) is 0. The molecule has 0 saturated carbocycles. The van der Waals surface area contributed by atoms with E-state index in [9.17, 15) is 9.59 Å². The molecule has 0 heterocycles. The summed E-state index contributed by atoms with van der Waals surface area (Å²) >= 11 is 0. The van der Waals surface area contributed by atoms with E-state index in [0.29, 0.717) is 22.8 Å². The highest BCUT2D eigenvalue weighted by Gasteiger charge is 2.16. The molecule has 1 aliphatic rings. The number of aryl methyl sites for hydroxylation is 2. The molecule has 0 bridgehead atoms. The van der Waals surface area contributed by atoms with Gasteiger partial charge in [0.1, 0.15) is 17.2 Å². The van der Waals surface area contributed by atoms with Crippen LogP contribution in [0.5, 0.6) is 17.2 Å². The molecule has 0 unspecified atom stereocenters. The molecule has 2 aromatic carbocycles. The van der Waals surface area contributed by atoms with Crippen LogP contribution in [-0.4, -0.2) is 39.2 Å². The van der Waals surface area contributed by atoms with Crippen LogP contribution in [-0.2, 0) is 22.4 Å². The summed E-state index contributed by atoms with van der Waals surface area (Å²) in [5, 5.41) is 0. The Bertz CT molecular complexity index is 843. The van der Waals surface area contributed by atoms with Crippen LogP contribution in [0, 0.1) is 0 Å². The minimum atomic E-state index is -0.601. The van der Waals surface area contributed by atoms with Crippen molar-refractivity contribution in [1.82, 2.24) is 0 Å². The van der Waals surface area contributed by atoms with Gasteiger partial charge in [-0.3, -0.25) is 4.79 Å². The molecule has 6 heteroatoms. The number of hydrogen-bond acceptors (Lipinski definition) is 6. The van der Waals surface area contributed by atoms with Crippen molar-refractivity contribution in [3.05, 3.63) is 53.1 Å². The van der Waals surface area contributed by atoms with E-state index in [1.807, 2.05) is 18.2 Å². The number of carbonyl (C=O) groups is 2. The summed E-state index contributed by atoms with van der Waals surface area (Å²) in [6, 6.07) is 10.7. The standard InChI is InChI=1S/C21H22O6/c1-24-16-8-9-18(20(11-16)25-2)19(22)12-27-21(23)13-26-17-7-6-14-4-3-5-15(14)10-17/h6-11H,3-5,12-13H2,1-2H3. The van der Waals surface area contributed by atoms with E-state index in [1.165, 1.54) is 25.3 Å². The Morgan fingerprint density at radius 3 is 2.44 bits per heavy atom. The summed E-state index contributed by atoms with van der Waals surface area (Å²) in [5.41, 5.74) is 2.93. The van der Waals surface area contributed by atoms with Gasteiger partial charge in [0.2, 0.25) is 5.78 Å². The van der Waals surface area contributed by atoms with Crippen LogP contribution in [0.15, 0.2) is 36.4 Å². The molecule has 0 atom stereocenters. The van der Waals surface area contributed by atoms with Gasteiger partial charge in [-0.05, 0) is 54.7 Å². The van der Waals surface area contributed by atoms with Gasteiger partial charge in [-0.25, -0.2) is 4.79 Å². The normalized spacial score (nSPS) is 12.2. The maximum Gasteiger partial charge on any atom is 0.344 e. The van der Waals surface area contributed by atoms with Gasteiger partial charge in [0, 0.05) is 6.07 Å². The van der Waals surface area contributed by atoms with Crippen molar-refractivity contribution in [3.8, 4) is 17.2 Å². The Hall–Kier alpha value is -3.02. The summed E-state index contributed by atoms with van der Waals surface area (Å²) in [6.07, 6.45) is 3.28. The topological polar surface area (TPSA) is 71.1 Å². The third-order valence-corrected chi connectivity index (χ3v) is 4.50. The van der Waals surface area contributed by atoms with Crippen LogP contribution < -0.4 is 14.2 Å². The molecule has 0 radical (unpaired) electrons. The van der Waals surface area contributed by atoms with Gasteiger partial charge in [-0.2, -0.15) is 0 Å². The summed E-state index contributed by atoms with van der Waals surface area (Å²) in [7, 11) is 2.99. The lowest BCUT2D eigenvalue weighted by atomic mass is 10.1. The fourth-order valence-electron chi connectivity index (χ4n) is 3.07. The van der Waals surface area contributed by atoms with Crippen molar-refractivity contribution in [2.75, 3.05) is 27.4 Å². The molecule has 0 saturated heterocycles. The van der Waals surface area contributed by atoms with Crippen LogP contribution in [0.3, 0.4) is 0 Å². The largest absolute Gasteiger partial charge is 0.497 e. The highest BCUT2D eigenvalue weighted by Crippen LogP contribution is 2.26. The summed E-state index contributed by atoms with van der Waals surface area (Å²) in [4.78, 5) is 24.2. The lowest BCUT2D eigenvalue weighted by Gasteiger charge is -2.10. The van der Waals surface area contributed by atoms with Crippen molar-refractivity contribution in [2.45, 2.75) is 19.3 Å². The Morgan fingerprint density at radius 1 is 0.889 bits per heavy atom. The first-order valence-corrected chi connectivity index (χ1v) is 8.76. The molecule has 0 fully saturated rings. The number of Topliss-reactive ketones (excluding diaryl/α,β-unsaturated/α-hetero) is 1. The molecular formula is C21H22O6. The van der Waals surface area contributed by atoms with Gasteiger partial charge in [-0.15, -0.1) is 0 Å². The molecule has 0 aliphatic heterocycles. The SMILES string of the molecule is COc1ccc(C(=O)COC(=O)COc2ccc3c(c2)CCC3)c(OC)c1. The fraction of sp³-hybridized carbons (Fsp3) is 0.333. The fourth-order valence-corrected chi connectivity index (χ4v) is 3.07. The Balaban J connectivity index is 1.51. The maximum absolute atomic E-state index is 12.3. The molecule has 3 rings (SSSR count). The first kappa shape index (κ1) is 18.8. The van der Waals surface area contributed by atoms with Gasteiger partial charge < -0.3 is 18.9 Å². The van der Waals surface area contributed by atoms with Crippen LogP contribution in [0.4, 0.5) is 0 Å². The van der Waals surface area contributed by atoms with E-state index in [1.54, 1.807) is 18.2 Å². The van der Waals surface area contributed by atoms with Crippen LogP contribution in [0.2, 0.25) is 0 Å². The van der Waals surface area contributed by atoms with Gasteiger partial charge in [0.05, 0.1) is 19.8 Å². The van der Waals surface area contributed by atoms with E-state index in [-0.39, 0.29) is 19.0 Å². The van der Waals surface area contributed by atoms with E-state index in [4.69, 9.17) is 18.9 Å². The molecule has 0 spiro atoms. The Morgan fingerprint density at radius 2 is 1.67 bits per heavy atom. The van der Waals surface area contributed by atoms with Crippen LogP contribution in [0.1, 0.15) is 27.9 Å². The molecule has 6 nitrogen and oxygen atoms in total. The first-order valence-electron chi connectivity index (χ1n) is 8.76. The quantitative estimate of drug-likeness (QED) is 0.525. The zero-order chi connectivity index (χ0) is 19.2. The predicted molar refractivity (Wildman–Crippen MR) is 98.8 cm³/mol.